The van der Waals surface area contributed by atoms with Gasteiger partial charge in [0.2, 0.25) is 0 Å². The summed E-state index contributed by atoms with van der Waals surface area (Å²) < 4.78 is 2.86. The molecule has 0 amide bonds. The lowest BCUT2D eigenvalue weighted by atomic mass is 10.1. The van der Waals surface area contributed by atoms with Crippen molar-refractivity contribution in [1.29, 1.82) is 0 Å². The molecule has 0 N–H and O–H groups in total. The van der Waals surface area contributed by atoms with Crippen LogP contribution < -0.4 is 0 Å². The maximum Gasteiger partial charge on any atom is 0.179 e. The first-order valence-electron chi connectivity index (χ1n) is 6.39. The van der Waals surface area contributed by atoms with E-state index in [4.69, 9.17) is 0 Å². The normalized spacial score (nSPS) is 10.9. The fourth-order valence-electron chi connectivity index (χ4n) is 2.13. The highest BCUT2D eigenvalue weighted by Gasteiger charge is 2.19. The number of rotatable bonds is 5. The van der Waals surface area contributed by atoms with Gasteiger partial charge in [0, 0.05) is 6.54 Å². The van der Waals surface area contributed by atoms with Crippen molar-refractivity contribution >= 4 is 33.0 Å². The lowest BCUT2D eigenvalue weighted by molar-refractivity contribution is 0.0993. The van der Waals surface area contributed by atoms with E-state index in [1.807, 2.05) is 30.0 Å². The van der Waals surface area contributed by atoms with E-state index < -0.39 is 0 Å². The van der Waals surface area contributed by atoms with Crippen LogP contribution in [-0.4, -0.2) is 15.6 Å². The number of aromatic nitrogens is 2. The van der Waals surface area contributed by atoms with Gasteiger partial charge in [-0.2, -0.15) is 5.10 Å². The number of aryl methyl sites for hydroxylation is 3. The molecule has 2 heterocycles. The van der Waals surface area contributed by atoms with E-state index in [0.717, 1.165) is 39.3 Å². The van der Waals surface area contributed by atoms with Crippen molar-refractivity contribution in [2.24, 2.45) is 0 Å². The fraction of sp³-hybridized carbons (Fsp3) is 0.429. The van der Waals surface area contributed by atoms with E-state index in [2.05, 4.69) is 28.0 Å². The molecule has 0 aliphatic heterocycles. The summed E-state index contributed by atoms with van der Waals surface area (Å²) >= 11 is 5.07. The molecular formula is C14H17BrN2OS. The summed E-state index contributed by atoms with van der Waals surface area (Å²) in [7, 11) is 0. The summed E-state index contributed by atoms with van der Waals surface area (Å²) in [6.45, 7) is 6.84. The predicted molar refractivity (Wildman–Crippen MR) is 82.1 cm³/mol. The van der Waals surface area contributed by atoms with Gasteiger partial charge in [-0.15, -0.1) is 11.3 Å². The lowest BCUT2D eigenvalue weighted by Gasteiger charge is -2.05. The molecule has 0 aliphatic rings. The fourth-order valence-corrected chi connectivity index (χ4v) is 3.49. The Labute approximate surface area is 125 Å². The summed E-state index contributed by atoms with van der Waals surface area (Å²) in [6, 6.07) is 2.04. The Morgan fingerprint density at radius 2 is 2.21 bits per heavy atom. The summed E-state index contributed by atoms with van der Waals surface area (Å²) in [5.41, 5.74) is 3.05. The largest absolute Gasteiger partial charge is 0.293 e. The van der Waals surface area contributed by atoms with E-state index >= 15 is 0 Å². The second-order valence-corrected chi connectivity index (χ2v) is 6.10. The van der Waals surface area contributed by atoms with Gasteiger partial charge in [-0.05, 0) is 53.2 Å². The number of Topliss-reactive ketones (excluding diaryl/α,β-unsaturated/α-hetero) is 1. The third-order valence-corrected chi connectivity index (χ3v) is 5.19. The van der Waals surface area contributed by atoms with Crippen LogP contribution in [0.25, 0.3) is 0 Å². The molecule has 0 spiro atoms. The first-order chi connectivity index (χ1) is 9.08. The van der Waals surface area contributed by atoms with E-state index in [0.29, 0.717) is 6.42 Å². The van der Waals surface area contributed by atoms with Crippen LogP contribution in [-0.2, 0) is 19.4 Å². The number of ketones is 1. The van der Waals surface area contributed by atoms with Gasteiger partial charge in [0.05, 0.1) is 27.2 Å². The predicted octanol–water partition coefficient (Wildman–Crippen LogP) is 4.02. The van der Waals surface area contributed by atoms with Gasteiger partial charge in [0.25, 0.3) is 0 Å². The van der Waals surface area contributed by atoms with Crippen LogP contribution in [0.5, 0.6) is 0 Å². The zero-order chi connectivity index (χ0) is 14.0. The van der Waals surface area contributed by atoms with Gasteiger partial charge in [0.1, 0.15) is 0 Å². The second kappa shape index (κ2) is 6.01. The van der Waals surface area contributed by atoms with Gasteiger partial charge in [0.15, 0.2) is 5.78 Å². The number of thiophene rings is 1. The number of carbonyl (C=O) groups is 1. The van der Waals surface area contributed by atoms with Crippen LogP contribution in [0.15, 0.2) is 15.9 Å². The SMILES string of the molecule is CCc1ccsc1C(=O)Cc1c(Br)c(C)nn1CC. The molecule has 2 rings (SSSR count). The number of hydrogen-bond donors (Lipinski definition) is 0. The van der Waals surface area contributed by atoms with Crippen molar-refractivity contribution in [3.63, 3.8) is 0 Å². The molecule has 0 atom stereocenters. The molecular weight excluding hydrogens is 324 g/mol. The van der Waals surface area contributed by atoms with Crippen LogP contribution >= 0.6 is 27.3 Å². The minimum absolute atomic E-state index is 0.183. The van der Waals surface area contributed by atoms with E-state index in [9.17, 15) is 4.79 Å². The average molecular weight is 341 g/mol. The van der Waals surface area contributed by atoms with E-state index in [-0.39, 0.29) is 5.78 Å². The quantitative estimate of drug-likeness (QED) is 0.770. The van der Waals surface area contributed by atoms with Crippen molar-refractivity contribution in [2.45, 2.75) is 40.2 Å². The Balaban J connectivity index is 2.29. The molecule has 5 heteroatoms. The Kier molecular flexibility index (Phi) is 4.58. The molecule has 0 saturated heterocycles. The van der Waals surface area contributed by atoms with E-state index in [1.165, 1.54) is 11.3 Å². The first kappa shape index (κ1) is 14.5. The lowest BCUT2D eigenvalue weighted by Crippen LogP contribution is -2.10. The van der Waals surface area contributed by atoms with Crippen LogP contribution in [0, 0.1) is 6.92 Å². The Bertz CT molecular complexity index is 601. The summed E-state index contributed by atoms with van der Waals surface area (Å²) in [4.78, 5) is 13.3. The Morgan fingerprint density at radius 1 is 1.47 bits per heavy atom. The molecule has 0 aromatic carbocycles. The zero-order valence-corrected chi connectivity index (χ0v) is 13.8. The standard InChI is InChI=1S/C14H17BrN2OS/c1-4-10-6-7-19-14(10)12(18)8-11-13(15)9(3)16-17(11)5-2/h6-7H,4-5,8H2,1-3H3. The number of nitrogens with zero attached hydrogens (tertiary/aromatic N) is 2. The van der Waals surface area contributed by atoms with Crippen molar-refractivity contribution < 1.29 is 4.79 Å². The van der Waals surface area contributed by atoms with Crippen LogP contribution in [0.2, 0.25) is 0 Å². The van der Waals surface area contributed by atoms with Crippen molar-refractivity contribution in [3.8, 4) is 0 Å². The molecule has 0 fully saturated rings. The maximum atomic E-state index is 12.4. The monoisotopic (exact) mass is 340 g/mol. The molecule has 0 radical (unpaired) electrons. The number of hydrogen-bond acceptors (Lipinski definition) is 3. The van der Waals surface area contributed by atoms with Crippen molar-refractivity contribution in [2.75, 3.05) is 0 Å². The Hall–Kier alpha value is -0.940. The number of halogens is 1. The molecule has 19 heavy (non-hydrogen) atoms. The molecule has 3 nitrogen and oxygen atoms in total. The highest BCUT2D eigenvalue weighted by Crippen LogP contribution is 2.25. The highest BCUT2D eigenvalue weighted by atomic mass is 79.9. The van der Waals surface area contributed by atoms with Gasteiger partial charge in [-0.25, -0.2) is 0 Å². The molecule has 0 saturated carbocycles. The minimum atomic E-state index is 0.183. The summed E-state index contributed by atoms with van der Waals surface area (Å²) in [5, 5.41) is 6.42. The van der Waals surface area contributed by atoms with Crippen molar-refractivity contribution in [1.82, 2.24) is 9.78 Å². The zero-order valence-electron chi connectivity index (χ0n) is 11.4. The van der Waals surface area contributed by atoms with Crippen LogP contribution in [0.4, 0.5) is 0 Å². The first-order valence-corrected chi connectivity index (χ1v) is 8.07. The molecule has 0 unspecified atom stereocenters. The third kappa shape index (κ3) is 2.82. The molecule has 2 aromatic heterocycles. The molecule has 0 bridgehead atoms. The van der Waals surface area contributed by atoms with Gasteiger partial charge in [-0.3, -0.25) is 9.48 Å². The van der Waals surface area contributed by atoms with Gasteiger partial charge >= 0.3 is 0 Å². The smallest absolute Gasteiger partial charge is 0.179 e. The minimum Gasteiger partial charge on any atom is -0.293 e. The third-order valence-electron chi connectivity index (χ3n) is 3.16. The Morgan fingerprint density at radius 3 is 2.84 bits per heavy atom. The topological polar surface area (TPSA) is 34.9 Å². The van der Waals surface area contributed by atoms with E-state index in [1.54, 1.807) is 0 Å². The molecule has 102 valence electrons. The van der Waals surface area contributed by atoms with Crippen molar-refractivity contribution in [3.05, 3.63) is 37.7 Å². The summed E-state index contributed by atoms with van der Waals surface area (Å²) in [5.74, 6) is 0.183. The van der Waals surface area contributed by atoms with Crippen LogP contribution in [0.1, 0.15) is 40.5 Å². The molecule has 2 aromatic rings. The number of carbonyl (C=O) groups excluding carboxylic acids is 1. The highest BCUT2D eigenvalue weighted by molar-refractivity contribution is 9.10. The maximum absolute atomic E-state index is 12.4. The van der Waals surface area contributed by atoms with Crippen LogP contribution in [0.3, 0.4) is 0 Å². The molecule has 0 aliphatic carbocycles. The second-order valence-electron chi connectivity index (χ2n) is 4.39. The summed E-state index contributed by atoms with van der Waals surface area (Å²) in [6.07, 6.45) is 1.31. The van der Waals surface area contributed by atoms with Gasteiger partial charge in [-0.1, -0.05) is 6.92 Å². The average Bonchev–Trinajstić information content (AvgIpc) is 2.98. The van der Waals surface area contributed by atoms with Gasteiger partial charge < -0.3 is 0 Å².